The van der Waals surface area contributed by atoms with Crippen molar-refractivity contribution in [2.45, 2.75) is 45.2 Å². The van der Waals surface area contributed by atoms with Crippen molar-refractivity contribution in [1.29, 1.82) is 5.26 Å². The lowest BCUT2D eigenvalue weighted by molar-refractivity contribution is -0.117. The molecule has 5 heteroatoms. The lowest BCUT2D eigenvalue weighted by atomic mass is 9.80. The van der Waals surface area contributed by atoms with Gasteiger partial charge in [-0.1, -0.05) is 37.3 Å². The van der Waals surface area contributed by atoms with Gasteiger partial charge in [0.05, 0.1) is 0 Å². The van der Waals surface area contributed by atoms with Crippen LogP contribution in [0, 0.1) is 17.1 Å². The van der Waals surface area contributed by atoms with Gasteiger partial charge in [-0.2, -0.15) is 5.26 Å². The van der Waals surface area contributed by atoms with Gasteiger partial charge in [0.15, 0.2) is 0 Å². The van der Waals surface area contributed by atoms with E-state index in [4.69, 9.17) is 0 Å². The molecule has 2 aromatic rings. The second kappa shape index (κ2) is 8.08. The summed E-state index contributed by atoms with van der Waals surface area (Å²) in [4.78, 5) is 14.5. The number of nitrogens with one attached hydrogen (secondary N) is 1. The average molecular weight is 391 g/mol. The van der Waals surface area contributed by atoms with Crippen molar-refractivity contribution in [3.05, 3.63) is 70.5 Å². The van der Waals surface area contributed by atoms with E-state index < -0.39 is 11.7 Å². The molecule has 1 aliphatic rings. The molecule has 1 amide bonds. The summed E-state index contributed by atoms with van der Waals surface area (Å²) in [6.07, 6.45) is 2.27. The number of benzene rings is 2. The number of fused-ring (bicyclic) bond motifs is 1. The minimum absolute atomic E-state index is 0.0641. The molecule has 0 saturated carbocycles. The van der Waals surface area contributed by atoms with Crippen molar-refractivity contribution in [2.24, 2.45) is 0 Å². The zero-order chi connectivity index (χ0) is 21.2. The van der Waals surface area contributed by atoms with Crippen LogP contribution in [0.15, 0.2) is 48.0 Å². The van der Waals surface area contributed by atoms with Gasteiger partial charge in [0.1, 0.15) is 17.5 Å². The Kier molecular flexibility index (Phi) is 5.74. The molecule has 1 heterocycles. The number of hydrogen-bond acceptors (Lipinski definition) is 3. The number of halogens is 1. The summed E-state index contributed by atoms with van der Waals surface area (Å²) in [5, 5.41) is 12.2. The van der Waals surface area contributed by atoms with Gasteiger partial charge in [-0.3, -0.25) is 4.79 Å². The molecule has 0 aromatic heterocycles. The molecular weight excluding hydrogens is 365 g/mol. The molecule has 1 unspecified atom stereocenters. The SMILES string of the molecule is CC1CC(C)(C)N(C)c2cc(F)c(/C=C(\C#N)C(=O)NCc3ccccc3)cc21. The van der Waals surface area contributed by atoms with Crippen LogP contribution < -0.4 is 10.2 Å². The van der Waals surface area contributed by atoms with Crippen molar-refractivity contribution in [3.8, 4) is 6.07 Å². The van der Waals surface area contributed by atoms with Crippen LogP contribution in [0.2, 0.25) is 0 Å². The van der Waals surface area contributed by atoms with E-state index in [0.29, 0.717) is 6.54 Å². The molecule has 0 saturated heterocycles. The van der Waals surface area contributed by atoms with Crippen molar-refractivity contribution < 1.29 is 9.18 Å². The van der Waals surface area contributed by atoms with Gasteiger partial charge >= 0.3 is 0 Å². The molecule has 1 N–H and O–H groups in total. The highest BCUT2D eigenvalue weighted by Crippen LogP contribution is 2.43. The number of amides is 1. The predicted molar refractivity (Wildman–Crippen MR) is 114 cm³/mol. The number of anilines is 1. The Hall–Kier alpha value is -3.13. The van der Waals surface area contributed by atoms with Crippen LogP contribution in [0.1, 0.15) is 49.8 Å². The van der Waals surface area contributed by atoms with E-state index >= 15 is 0 Å². The molecule has 1 atom stereocenters. The van der Waals surface area contributed by atoms with Gasteiger partial charge in [0.2, 0.25) is 0 Å². The highest BCUT2D eigenvalue weighted by molar-refractivity contribution is 6.01. The third kappa shape index (κ3) is 4.32. The standard InChI is InChI=1S/C24H26FN3O/c1-16-13-24(2,3)28(4)22-12-21(25)18(11-20(16)22)10-19(14-26)23(29)27-15-17-8-6-5-7-9-17/h5-12,16H,13,15H2,1-4H3,(H,27,29)/b19-10+. The first-order chi connectivity index (χ1) is 13.7. The summed E-state index contributed by atoms with van der Waals surface area (Å²) in [6, 6.07) is 14.6. The predicted octanol–water partition coefficient (Wildman–Crippen LogP) is 4.77. The topological polar surface area (TPSA) is 56.1 Å². The number of nitrogens with zero attached hydrogens (tertiary/aromatic N) is 2. The Bertz CT molecular complexity index is 989. The van der Waals surface area contributed by atoms with Crippen molar-refractivity contribution in [2.75, 3.05) is 11.9 Å². The molecule has 150 valence electrons. The Morgan fingerprint density at radius 3 is 2.69 bits per heavy atom. The van der Waals surface area contributed by atoms with Crippen LogP contribution in [-0.2, 0) is 11.3 Å². The number of carbonyl (C=O) groups is 1. The fraction of sp³-hybridized carbons (Fsp3) is 0.333. The largest absolute Gasteiger partial charge is 0.369 e. The third-order valence-corrected chi connectivity index (χ3v) is 5.71. The first kappa shape index (κ1) is 20.6. The van der Waals surface area contributed by atoms with Crippen LogP contribution in [0.3, 0.4) is 0 Å². The molecule has 29 heavy (non-hydrogen) atoms. The highest BCUT2D eigenvalue weighted by atomic mass is 19.1. The first-order valence-corrected chi connectivity index (χ1v) is 9.74. The summed E-state index contributed by atoms with van der Waals surface area (Å²) in [6.45, 7) is 6.71. The lowest BCUT2D eigenvalue weighted by Gasteiger charge is -2.45. The molecule has 3 rings (SSSR count). The molecule has 0 fully saturated rings. The zero-order valence-electron chi connectivity index (χ0n) is 17.3. The minimum atomic E-state index is -0.514. The molecule has 0 spiro atoms. The summed E-state index contributed by atoms with van der Waals surface area (Å²) in [5.41, 5.74) is 2.90. The maximum atomic E-state index is 14.8. The smallest absolute Gasteiger partial charge is 0.262 e. The second-order valence-corrected chi connectivity index (χ2v) is 8.25. The summed E-state index contributed by atoms with van der Waals surface area (Å²) >= 11 is 0. The fourth-order valence-corrected chi connectivity index (χ4v) is 3.89. The number of carbonyl (C=O) groups excluding carboxylic acids is 1. The van der Waals surface area contributed by atoms with Gasteiger partial charge in [-0.15, -0.1) is 0 Å². The Balaban J connectivity index is 1.87. The molecule has 1 aliphatic heterocycles. The lowest BCUT2D eigenvalue weighted by Crippen LogP contribution is -2.45. The van der Waals surface area contributed by atoms with Crippen molar-refractivity contribution in [1.82, 2.24) is 5.32 Å². The average Bonchev–Trinajstić information content (AvgIpc) is 2.69. The first-order valence-electron chi connectivity index (χ1n) is 9.74. The Labute approximate surface area is 171 Å². The van der Waals surface area contributed by atoms with Gasteiger partial charge in [0.25, 0.3) is 5.91 Å². The monoisotopic (exact) mass is 391 g/mol. The zero-order valence-corrected chi connectivity index (χ0v) is 17.3. The van der Waals surface area contributed by atoms with Gasteiger partial charge in [-0.25, -0.2) is 4.39 Å². The van der Waals surface area contributed by atoms with Gasteiger partial charge in [-0.05, 0) is 55.5 Å². The Morgan fingerprint density at radius 1 is 1.34 bits per heavy atom. The maximum absolute atomic E-state index is 14.8. The van der Waals surface area contributed by atoms with Crippen LogP contribution in [-0.4, -0.2) is 18.5 Å². The summed E-state index contributed by atoms with van der Waals surface area (Å²) < 4.78 is 14.8. The third-order valence-electron chi connectivity index (χ3n) is 5.71. The van der Waals surface area contributed by atoms with Crippen molar-refractivity contribution >= 4 is 17.7 Å². The molecular formula is C24H26FN3O. The van der Waals surface area contributed by atoms with Crippen LogP contribution >= 0.6 is 0 Å². The number of rotatable bonds is 4. The summed E-state index contributed by atoms with van der Waals surface area (Å²) in [5.74, 6) is -0.703. The van der Waals surface area contributed by atoms with Gasteiger partial charge < -0.3 is 10.2 Å². The Morgan fingerprint density at radius 2 is 2.03 bits per heavy atom. The minimum Gasteiger partial charge on any atom is -0.369 e. The molecule has 0 radical (unpaired) electrons. The summed E-state index contributed by atoms with van der Waals surface area (Å²) in [7, 11) is 1.97. The normalized spacial score (nSPS) is 18.0. The quantitative estimate of drug-likeness (QED) is 0.603. The van der Waals surface area contributed by atoms with E-state index in [9.17, 15) is 14.4 Å². The highest BCUT2D eigenvalue weighted by Gasteiger charge is 2.34. The van der Waals surface area contributed by atoms with Crippen molar-refractivity contribution in [3.63, 3.8) is 0 Å². The molecule has 0 bridgehead atoms. The molecule has 2 aromatic carbocycles. The van der Waals surface area contributed by atoms with E-state index in [1.165, 1.54) is 12.1 Å². The second-order valence-electron chi connectivity index (χ2n) is 8.25. The van der Waals surface area contributed by atoms with E-state index in [0.717, 1.165) is 23.2 Å². The fourth-order valence-electron chi connectivity index (χ4n) is 3.89. The van der Waals surface area contributed by atoms with Crippen LogP contribution in [0.25, 0.3) is 6.08 Å². The van der Waals surface area contributed by atoms with E-state index in [-0.39, 0.29) is 22.6 Å². The number of nitriles is 1. The molecule has 0 aliphatic carbocycles. The van der Waals surface area contributed by atoms with Gasteiger partial charge in [0, 0.05) is 30.4 Å². The van der Waals surface area contributed by atoms with E-state index in [2.05, 4.69) is 31.0 Å². The van der Waals surface area contributed by atoms with E-state index in [1.807, 2.05) is 43.4 Å². The number of hydrogen-bond donors (Lipinski definition) is 1. The maximum Gasteiger partial charge on any atom is 0.262 e. The molecule has 4 nitrogen and oxygen atoms in total. The van der Waals surface area contributed by atoms with Crippen LogP contribution in [0.5, 0.6) is 0 Å². The van der Waals surface area contributed by atoms with Crippen LogP contribution in [0.4, 0.5) is 10.1 Å². The van der Waals surface area contributed by atoms with E-state index in [1.54, 1.807) is 6.07 Å².